The molecule has 0 saturated heterocycles. The molecule has 0 aliphatic carbocycles. The van der Waals surface area contributed by atoms with Crippen LogP contribution in [-0.4, -0.2) is 20.4 Å². The lowest BCUT2D eigenvalue weighted by molar-refractivity contribution is -0.115. The molecular formula is C17H17N3O2. The highest BCUT2D eigenvalue weighted by Crippen LogP contribution is 2.24. The molecular weight excluding hydrogens is 278 g/mol. The number of aromatic hydroxyl groups is 1. The standard InChI is InChI=1S/C17H17N3O2/c1-11-5-6-14(15(21)8-11)19-16(22)9-13-10-20-7-3-4-12(2)17(20)18-13/h3-8,10,21H,9H2,1-2H3,(H,19,22). The van der Waals surface area contributed by atoms with Gasteiger partial charge in [0, 0.05) is 12.4 Å². The van der Waals surface area contributed by atoms with Crippen LogP contribution in [0, 0.1) is 13.8 Å². The molecule has 1 amide bonds. The summed E-state index contributed by atoms with van der Waals surface area (Å²) in [6.45, 7) is 3.86. The number of hydrogen-bond acceptors (Lipinski definition) is 3. The molecule has 0 unspecified atom stereocenters. The summed E-state index contributed by atoms with van der Waals surface area (Å²) in [7, 11) is 0. The fourth-order valence-corrected chi connectivity index (χ4v) is 2.40. The average Bonchev–Trinajstić information content (AvgIpc) is 2.86. The Hall–Kier alpha value is -2.82. The Balaban J connectivity index is 1.77. The van der Waals surface area contributed by atoms with E-state index in [0.717, 1.165) is 16.8 Å². The van der Waals surface area contributed by atoms with Crippen LogP contribution in [0.3, 0.4) is 0 Å². The number of phenolic OH excluding ortho intramolecular Hbond substituents is 1. The zero-order chi connectivity index (χ0) is 15.7. The van der Waals surface area contributed by atoms with Gasteiger partial charge in [-0.1, -0.05) is 12.1 Å². The number of imidazole rings is 1. The Morgan fingerprint density at radius 3 is 2.86 bits per heavy atom. The van der Waals surface area contributed by atoms with E-state index in [9.17, 15) is 9.90 Å². The molecule has 0 aliphatic heterocycles. The van der Waals surface area contributed by atoms with Gasteiger partial charge in [0.25, 0.3) is 0 Å². The first-order valence-corrected chi connectivity index (χ1v) is 7.05. The summed E-state index contributed by atoms with van der Waals surface area (Å²) < 4.78 is 1.90. The second-order valence-corrected chi connectivity index (χ2v) is 5.40. The van der Waals surface area contributed by atoms with Crippen molar-refractivity contribution in [1.29, 1.82) is 0 Å². The molecule has 22 heavy (non-hydrogen) atoms. The van der Waals surface area contributed by atoms with E-state index in [-0.39, 0.29) is 18.1 Å². The summed E-state index contributed by atoms with van der Waals surface area (Å²) in [4.78, 5) is 16.6. The van der Waals surface area contributed by atoms with Gasteiger partial charge in [-0.25, -0.2) is 4.98 Å². The van der Waals surface area contributed by atoms with Gasteiger partial charge in [0.2, 0.25) is 5.91 Å². The average molecular weight is 295 g/mol. The van der Waals surface area contributed by atoms with Crippen LogP contribution >= 0.6 is 0 Å². The zero-order valence-electron chi connectivity index (χ0n) is 12.5. The first-order valence-electron chi connectivity index (χ1n) is 7.05. The monoisotopic (exact) mass is 295 g/mol. The molecule has 3 aromatic rings. The number of aryl methyl sites for hydroxylation is 2. The number of hydrogen-bond donors (Lipinski definition) is 2. The molecule has 1 aromatic carbocycles. The number of amides is 1. The summed E-state index contributed by atoms with van der Waals surface area (Å²) in [6, 6.07) is 9.07. The summed E-state index contributed by atoms with van der Waals surface area (Å²) in [5, 5.41) is 12.5. The molecule has 0 aliphatic rings. The third-order valence-electron chi connectivity index (χ3n) is 3.50. The lowest BCUT2D eigenvalue weighted by atomic mass is 10.2. The molecule has 0 atom stereocenters. The first-order chi connectivity index (χ1) is 10.5. The predicted octanol–water partition coefficient (Wildman–Crippen LogP) is 2.84. The second-order valence-electron chi connectivity index (χ2n) is 5.40. The molecule has 5 heteroatoms. The molecule has 2 aromatic heterocycles. The second kappa shape index (κ2) is 5.52. The zero-order valence-corrected chi connectivity index (χ0v) is 12.5. The third-order valence-corrected chi connectivity index (χ3v) is 3.50. The van der Waals surface area contributed by atoms with Crippen LogP contribution in [0.2, 0.25) is 0 Å². The summed E-state index contributed by atoms with van der Waals surface area (Å²) in [5.41, 5.74) is 3.95. The van der Waals surface area contributed by atoms with E-state index in [4.69, 9.17) is 0 Å². The fraction of sp³-hybridized carbons (Fsp3) is 0.176. The van der Waals surface area contributed by atoms with E-state index < -0.39 is 0 Å². The van der Waals surface area contributed by atoms with Gasteiger partial charge >= 0.3 is 0 Å². The number of carbonyl (C=O) groups excluding carboxylic acids is 1. The number of benzene rings is 1. The summed E-state index contributed by atoms with van der Waals surface area (Å²) in [5.74, 6) is -0.139. The lowest BCUT2D eigenvalue weighted by Crippen LogP contribution is -2.14. The van der Waals surface area contributed by atoms with Crippen molar-refractivity contribution in [2.45, 2.75) is 20.3 Å². The van der Waals surface area contributed by atoms with Crippen LogP contribution in [0.1, 0.15) is 16.8 Å². The van der Waals surface area contributed by atoms with Crippen LogP contribution in [0.4, 0.5) is 5.69 Å². The topological polar surface area (TPSA) is 66.6 Å². The number of rotatable bonds is 3. The van der Waals surface area contributed by atoms with Gasteiger partial charge in [-0.3, -0.25) is 4.79 Å². The van der Waals surface area contributed by atoms with E-state index in [2.05, 4.69) is 10.3 Å². The van der Waals surface area contributed by atoms with Gasteiger partial charge in [0.15, 0.2) is 0 Å². The molecule has 5 nitrogen and oxygen atoms in total. The van der Waals surface area contributed by atoms with Crippen molar-refractivity contribution in [3.8, 4) is 5.75 Å². The van der Waals surface area contributed by atoms with Crippen molar-refractivity contribution < 1.29 is 9.90 Å². The molecule has 0 spiro atoms. The van der Waals surface area contributed by atoms with Crippen molar-refractivity contribution in [2.75, 3.05) is 5.32 Å². The van der Waals surface area contributed by atoms with Crippen molar-refractivity contribution in [1.82, 2.24) is 9.38 Å². The minimum Gasteiger partial charge on any atom is -0.506 e. The highest BCUT2D eigenvalue weighted by atomic mass is 16.3. The number of nitrogens with one attached hydrogen (secondary N) is 1. The van der Waals surface area contributed by atoms with Crippen molar-refractivity contribution in [3.05, 3.63) is 59.5 Å². The first kappa shape index (κ1) is 14.1. The number of anilines is 1. The summed E-state index contributed by atoms with van der Waals surface area (Å²) in [6.07, 6.45) is 3.91. The quantitative estimate of drug-likeness (QED) is 0.730. The Morgan fingerprint density at radius 2 is 2.14 bits per heavy atom. The number of pyridine rings is 1. The molecule has 0 saturated carbocycles. The summed E-state index contributed by atoms with van der Waals surface area (Å²) >= 11 is 0. The third kappa shape index (κ3) is 2.79. The van der Waals surface area contributed by atoms with Crippen LogP contribution in [0.15, 0.2) is 42.7 Å². The molecule has 0 fully saturated rings. The van der Waals surface area contributed by atoms with Crippen molar-refractivity contribution in [2.24, 2.45) is 0 Å². The van der Waals surface area contributed by atoms with E-state index in [1.54, 1.807) is 12.1 Å². The SMILES string of the molecule is Cc1ccc(NC(=O)Cc2cn3cccc(C)c3n2)c(O)c1. The van der Waals surface area contributed by atoms with E-state index >= 15 is 0 Å². The minimum absolute atomic E-state index is 0.0687. The molecule has 2 heterocycles. The highest BCUT2D eigenvalue weighted by Gasteiger charge is 2.11. The Bertz CT molecular complexity index is 852. The van der Waals surface area contributed by atoms with Gasteiger partial charge in [0.05, 0.1) is 17.8 Å². The van der Waals surface area contributed by atoms with Gasteiger partial charge in [-0.05, 0) is 43.2 Å². The maximum Gasteiger partial charge on any atom is 0.230 e. The number of fused-ring (bicyclic) bond motifs is 1. The fourth-order valence-electron chi connectivity index (χ4n) is 2.40. The molecule has 0 radical (unpaired) electrons. The molecule has 3 rings (SSSR count). The van der Waals surface area contributed by atoms with Crippen molar-refractivity contribution in [3.63, 3.8) is 0 Å². The minimum atomic E-state index is -0.208. The normalized spacial score (nSPS) is 10.8. The Labute approximate surface area is 128 Å². The maximum absolute atomic E-state index is 12.1. The van der Waals surface area contributed by atoms with Crippen LogP contribution in [0.25, 0.3) is 5.65 Å². The lowest BCUT2D eigenvalue weighted by Gasteiger charge is -2.07. The predicted molar refractivity (Wildman–Crippen MR) is 85.1 cm³/mol. The number of phenols is 1. The number of carbonyl (C=O) groups is 1. The van der Waals surface area contributed by atoms with Gasteiger partial charge in [0.1, 0.15) is 11.4 Å². The highest BCUT2D eigenvalue weighted by molar-refractivity contribution is 5.93. The van der Waals surface area contributed by atoms with E-state index in [0.29, 0.717) is 11.4 Å². The number of nitrogens with zero attached hydrogens (tertiary/aromatic N) is 2. The largest absolute Gasteiger partial charge is 0.506 e. The Morgan fingerprint density at radius 1 is 1.32 bits per heavy atom. The van der Waals surface area contributed by atoms with Gasteiger partial charge < -0.3 is 14.8 Å². The van der Waals surface area contributed by atoms with Crippen LogP contribution in [0.5, 0.6) is 5.75 Å². The Kier molecular flexibility index (Phi) is 3.55. The van der Waals surface area contributed by atoms with Gasteiger partial charge in [-0.2, -0.15) is 0 Å². The van der Waals surface area contributed by atoms with Crippen LogP contribution < -0.4 is 5.32 Å². The smallest absolute Gasteiger partial charge is 0.230 e. The van der Waals surface area contributed by atoms with E-state index in [1.165, 1.54) is 0 Å². The molecule has 0 bridgehead atoms. The van der Waals surface area contributed by atoms with Crippen molar-refractivity contribution >= 4 is 17.2 Å². The van der Waals surface area contributed by atoms with E-state index in [1.807, 2.05) is 48.8 Å². The van der Waals surface area contributed by atoms with Gasteiger partial charge in [-0.15, -0.1) is 0 Å². The maximum atomic E-state index is 12.1. The number of aromatic nitrogens is 2. The molecule has 112 valence electrons. The van der Waals surface area contributed by atoms with Crippen LogP contribution in [-0.2, 0) is 11.2 Å². The molecule has 2 N–H and O–H groups in total.